The molecule has 0 aromatic heterocycles. The number of benzene rings is 1. The van der Waals surface area contributed by atoms with Crippen LogP contribution >= 0.6 is 0 Å². The van der Waals surface area contributed by atoms with Gasteiger partial charge in [0, 0.05) is 30.8 Å². The zero-order valence-electron chi connectivity index (χ0n) is 11.2. The van der Waals surface area contributed by atoms with Gasteiger partial charge in [-0.3, -0.25) is 4.79 Å². The SMILES string of the molecule is NCC1CCCCN1C(=O)/C=C/c1c(F)cccc1F. The summed E-state index contributed by atoms with van der Waals surface area (Å²) in [5.74, 6) is -1.60. The van der Waals surface area contributed by atoms with Crippen molar-refractivity contribution in [2.75, 3.05) is 13.1 Å². The summed E-state index contributed by atoms with van der Waals surface area (Å²) < 4.78 is 26.9. The van der Waals surface area contributed by atoms with Crippen LogP contribution in [0.15, 0.2) is 24.3 Å². The van der Waals surface area contributed by atoms with Gasteiger partial charge in [0.05, 0.1) is 0 Å². The molecule has 0 saturated carbocycles. The fraction of sp³-hybridized carbons (Fsp3) is 0.400. The van der Waals surface area contributed by atoms with Crippen molar-refractivity contribution < 1.29 is 13.6 Å². The molecule has 108 valence electrons. The van der Waals surface area contributed by atoms with Gasteiger partial charge < -0.3 is 10.6 Å². The molecule has 1 saturated heterocycles. The van der Waals surface area contributed by atoms with Crippen molar-refractivity contribution in [2.45, 2.75) is 25.3 Å². The van der Waals surface area contributed by atoms with Gasteiger partial charge in [-0.05, 0) is 37.5 Å². The Kier molecular flexibility index (Phi) is 4.84. The topological polar surface area (TPSA) is 46.3 Å². The molecule has 1 heterocycles. The molecule has 0 spiro atoms. The van der Waals surface area contributed by atoms with Crippen molar-refractivity contribution in [3.05, 3.63) is 41.5 Å². The molecule has 3 nitrogen and oxygen atoms in total. The molecule has 0 aliphatic carbocycles. The van der Waals surface area contributed by atoms with Crippen LogP contribution in [0, 0.1) is 11.6 Å². The number of hydrogen-bond donors (Lipinski definition) is 1. The number of nitrogens with zero attached hydrogens (tertiary/aromatic N) is 1. The highest BCUT2D eigenvalue weighted by Gasteiger charge is 2.23. The number of piperidine rings is 1. The number of amides is 1. The lowest BCUT2D eigenvalue weighted by Crippen LogP contribution is -2.46. The minimum atomic E-state index is -0.678. The van der Waals surface area contributed by atoms with Crippen molar-refractivity contribution in [3.63, 3.8) is 0 Å². The first-order valence-electron chi connectivity index (χ1n) is 6.76. The Morgan fingerprint density at radius 2 is 2.05 bits per heavy atom. The lowest BCUT2D eigenvalue weighted by Gasteiger charge is -2.34. The average molecular weight is 280 g/mol. The van der Waals surface area contributed by atoms with Gasteiger partial charge in [-0.15, -0.1) is 0 Å². The Hall–Kier alpha value is -1.75. The molecule has 2 rings (SSSR count). The van der Waals surface area contributed by atoms with Crippen LogP contribution in [0.4, 0.5) is 8.78 Å². The average Bonchev–Trinajstić information content (AvgIpc) is 2.46. The zero-order chi connectivity index (χ0) is 14.5. The molecule has 5 heteroatoms. The fourth-order valence-electron chi connectivity index (χ4n) is 2.46. The molecule has 1 fully saturated rings. The lowest BCUT2D eigenvalue weighted by atomic mass is 10.0. The second-order valence-electron chi connectivity index (χ2n) is 4.89. The van der Waals surface area contributed by atoms with Crippen molar-refractivity contribution in [3.8, 4) is 0 Å². The second kappa shape index (κ2) is 6.61. The number of halogens is 2. The van der Waals surface area contributed by atoms with Crippen molar-refractivity contribution in [1.82, 2.24) is 4.90 Å². The van der Waals surface area contributed by atoms with Crippen molar-refractivity contribution >= 4 is 12.0 Å². The van der Waals surface area contributed by atoms with E-state index in [2.05, 4.69) is 0 Å². The number of hydrogen-bond acceptors (Lipinski definition) is 2. The van der Waals surface area contributed by atoms with Crippen LogP contribution in [0.2, 0.25) is 0 Å². The summed E-state index contributed by atoms with van der Waals surface area (Å²) in [6, 6.07) is 3.64. The number of carbonyl (C=O) groups excluding carboxylic acids is 1. The minimum absolute atomic E-state index is 0.0198. The van der Waals surface area contributed by atoms with Gasteiger partial charge in [0.25, 0.3) is 0 Å². The summed E-state index contributed by atoms with van der Waals surface area (Å²) >= 11 is 0. The van der Waals surface area contributed by atoms with E-state index in [4.69, 9.17) is 5.73 Å². The van der Waals surface area contributed by atoms with E-state index in [1.807, 2.05) is 0 Å². The van der Waals surface area contributed by atoms with Gasteiger partial charge in [0.2, 0.25) is 5.91 Å². The Balaban J connectivity index is 2.12. The quantitative estimate of drug-likeness (QED) is 0.864. The maximum Gasteiger partial charge on any atom is 0.246 e. The van der Waals surface area contributed by atoms with E-state index in [-0.39, 0.29) is 17.5 Å². The highest BCUT2D eigenvalue weighted by atomic mass is 19.1. The molecule has 2 N–H and O–H groups in total. The van der Waals surface area contributed by atoms with Gasteiger partial charge in [-0.25, -0.2) is 8.78 Å². The van der Waals surface area contributed by atoms with E-state index in [1.54, 1.807) is 4.90 Å². The maximum absolute atomic E-state index is 13.4. The van der Waals surface area contributed by atoms with E-state index in [1.165, 1.54) is 18.2 Å². The van der Waals surface area contributed by atoms with Crippen LogP contribution in [-0.2, 0) is 4.79 Å². The molecular formula is C15H18F2N2O. The molecule has 1 unspecified atom stereocenters. The summed E-state index contributed by atoms with van der Waals surface area (Å²) in [5, 5.41) is 0. The highest BCUT2D eigenvalue weighted by Crippen LogP contribution is 2.18. The molecule has 1 aliphatic rings. The van der Waals surface area contributed by atoms with E-state index < -0.39 is 11.6 Å². The third kappa shape index (κ3) is 3.22. The molecule has 20 heavy (non-hydrogen) atoms. The maximum atomic E-state index is 13.4. The second-order valence-corrected chi connectivity index (χ2v) is 4.89. The molecule has 1 aliphatic heterocycles. The van der Waals surface area contributed by atoms with Crippen LogP contribution in [0.5, 0.6) is 0 Å². The monoisotopic (exact) mass is 280 g/mol. The summed E-state index contributed by atoms with van der Waals surface area (Å²) in [6.45, 7) is 1.05. The summed E-state index contributed by atoms with van der Waals surface area (Å²) in [4.78, 5) is 13.8. The first-order valence-corrected chi connectivity index (χ1v) is 6.76. The van der Waals surface area contributed by atoms with Gasteiger partial charge >= 0.3 is 0 Å². The summed E-state index contributed by atoms with van der Waals surface area (Å²) in [5.41, 5.74) is 5.46. The number of carbonyl (C=O) groups is 1. The molecule has 1 aromatic carbocycles. The minimum Gasteiger partial charge on any atom is -0.335 e. The number of rotatable bonds is 3. The Labute approximate surface area is 117 Å². The third-order valence-electron chi connectivity index (χ3n) is 3.57. The molecule has 0 radical (unpaired) electrons. The van der Waals surface area contributed by atoms with E-state index in [9.17, 15) is 13.6 Å². The first-order chi connectivity index (χ1) is 9.63. The largest absolute Gasteiger partial charge is 0.335 e. The van der Waals surface area contributed by atoms with Crippen LogP contribution < -0.4 is 5.73 Å². The zero-order valence-corrected chi connectivity index (χ0v) is 11.2. The van der Waals surface area contributed by atoms with Gasteiger partial charge in [0.15, 0.2) is 0 Å². The standard InChI is InChI=1S/C15H18F2N2O/c16-13-5-3-6-14(17)12(13)7-8-15(20)19-9-2-1-4-11(19)10-18/h3,5-8,11H,1-2,4,9-10,18H2/b8-7+. The molecule has 1 atom stereocenters. The predicted octanol–water partition coefficient (Wildman–Crippen LogP) is 2.32. The third-order valence-corrected chi connectivity index (χ3v) is 3.57. The molecule has 0 bridgehead atoms. The van der Waals surface area contributed by atoms with Crippen LogP contribution in [0.25, 0.3) is 6.08 Å². The van der Waals surface area contributed by atoms with Gasteiger partial charge in [-0.1, -0.05) is 6.07 Å². The van der Waals surface area contributed by atoms with Crippen LogP contribution in [0.3, 0.4) is 0 Å². The predicted molar refractivity (Wildman–Crippen MR) is 73.8 cm³/mol. The van der Waals surface area contributed by atoms with E-state index in [0.717, 1.165) is 31.4 Å². The summed E-state index contributed by atoms with van der Waals surface area (Å²) in [6.07, 6.45) is 5.27. The smallest absolute Gasteiger partial charge is 0.246 e. The normalized spacial score (nSPS) is 19.6. The van der Waals surface area contributed by atoms with E-state index >= 15 is 0 Å². The van der Waals surface area contributed by atoms with E-state index in [0.29, 0.717) is 13.1 Å². The van der Waals surface area contributed by atoms with Crippen LogP contribution in [-0.4, -0.2) is 29.9 Å². The van der Waals surface area contributed by atoms with Gasteiger partial charge in [-0.2, -0.15) is 0 Å². The number of nitrogens with two attached hydrogens (primary N) is 1. The summed E-state index contributed by atoms with van der Waals surface area (Å²) in [7, 11) is 0. The fourth-order valence-corrected chi connectivity index (χ4v) is 2.46. The molecular weight excluding hydrogens is 262 g/mol. The highest BCUT2D eigenvalue weighted by molar-refractivity contribution is 5.92. The Bertz CT molecular complexity index is 496. The molecule has 1 aromatic rings. The van der Waals surface area contributed by atoms with Crippen molar-refractivity contribution in [2.24, 2.45) is 5.73 Å². The lowest BCUT2D eigenvalue weighted by molar-refractivity contribution is -0.129. The molecule has 1 amide bonds. The Morgan fingerprint density at radius 3 is 2.70 bits per heavy atom. The van der Waals surface area contributed by atoms with Gasteiger partial charge in [0.1, 0.15) is 11.6 Å². The Morgan fingerprint density at radius 1 is 1.35 bits per heavy atom. The number of likely N-dealkylation sites (tertiary alicyclic amines) is 1. The van der Waals surface area contributed by atoms with Crippen molar-refractivity contribution in [1.29, 1.82) is 0 Å². The first kappa shape index (κ1) is 14.7. The van der Waals surface area contributed by atoms with Crippen LogP contribution in [0.1, 0.15) is 24.8 Å².